The number of aromatic nitrogens is 3. The lowest BCUT2D eigenvalue weighted by molar-refractivity contribution is 0.259. The van der Waals surface area contributed by atoms with Crippen LogP contribution in [0.15, 0.2) is 24.3 Å². The molecule has 7 heteroatoms. The first kappa shape index (κ1) is 19.9. The van der Waals surface area contributed by atoms with Crippen LogP contribution < -0.4 is 5.32 Å². The number of aliphatic hydroxyl groups is 1. The van der Waals surface area contributed by atoms with Crippen LogP contribution in [0.25, 0.3) is 0 Å². The summed E-state index contributed by atoms with van der Waals surface area (Å²) in [5.41, 5.74) is 1.12. The number of benzene rings is 1. The van der Waals surface area contributed by atoms with Crippen LogP contribution >= 0.6 is 23.2 Å². The van der Waals surface area contributed by atoms with Crippen molar-refractivity contribution in [3.63, 3.8) is 0 Å². The maximum Gasteiger partial charge on any atom is 0.227 e. The lowest BCUT2D eigenvalue weighted by atomic mass is 9.97. The van der Waals surface area contributed by atoms with Gasteiger partial charge in [-0.3, -0.25) is 0 Å². The van der Waals surface area contributed by atoms with Crippen molar-refractivity contribution in [1.82, 2.24) is 15.0 Å². The summed E-state index contributed by atoms with van der Waals surface area (Å²) in [4.78, 5) is 12.8. The largest absolute Gasteiger partial charge is 0.394 e. The summed E-state index contributed by atoms with van der Waals surface area (Å²) in [6.45, 7) is 6.30. The van der Waals surface area contributed by atoms with E-state index in [-0.39, 0.29) is 23.9 Å². The van der Waals surface area contributed by atoms with Gasteiger partial charge in [-0.1, -0.05) is 44.5 Å². The summed E-state index contributed by atoms with van der Waals surface area (Å²) in [6, 6.07) is 7.64. The van der Waals surface area contributed by atoms with E-state index >= 15 is 0 Å². The predicted octanol–water partition coefficient (Wildman–Crippen LogP) is 4.34. The normalized spacial score (nSPS) is 13.7. The number of nitrogens with zero attached hydrogens (tertiary/aromatic N) is 3. The first-order valence-electron chi connectivity index (χ1n) is 8.40. The molecule has 0 amide bonds. The number of nitrogens with one attached hydrogen (secondary N) is 1. The van der Waals surface area contributed by atoms with Crippen molar-refractivity contribution in [2.45, 2.75) is 45.6 Å². The van der Waals surface area contributed by atoms with Gasteiger partial charge in [0.25, 0.3) is 0 Å². The minimum Gasteiger partial charge on any atom is -0.394 e. The molecule has 0 bridgehead atoms. The Morgan fingerprint density at radius 2 is 1.88 bits per heavy atom. The van der Waals surface area contributed by atoms with Gasteiger partial charge in [0.05, 0.1) is 12.6 Å². The van der Waals surface area contributed by atoms with Crippen LogP contribution in [0.3, 0.4) is 0 Å². The fourth-order valence-electron chi connectivity index (χ4n) is 2.68. The average molecular weight is 383 g/mol. The second kappa shape index (κ2) is 9.32. The number of hydrogen-bond donors (Lipinski definition) is 2. The maximum absolute atomic E-state index is 9.52. The molecule has 0 fully saturated rings. The van der Waals surface area contributed by atoms with Crippen molar-refractivity contribution in [2.75, 3.05) is 11.9 Å². The van der Waals surface area contributed by atoms with Crippen LogP contribution in [0, 0.1) is 5.92 Å². The lowest BCUT2D eigenvalue weighted by Gasteiger charge is -2.18. The molecule has 0 spiro atoms. The molecule has 2 aromatic rings. The first-order valence-corrected chi connectivity index (χ1v) is 9.16. The van der Waals surface area contributed by atoms with Gasteiger partial charge in [0, 0.05) is 11.4 Å². The Hall–Kier alpha value is -1.43. The van der Waals surface area contributed by atoms with Gasteiger partial charge in [-0.2, -0.15) is 9.97 Å². The quantitative estimate of drug-likeness (QED) is 0.710. The first-order chi connectivity index (χ1) is 11.9. The van der Waals surface area contributed by atoms with Crippen LogP contribution in [0.2, 0.25) is 10.3 Å². The van der Waals surface area contributed by atoms with E-state index in [0.717, 1.165) is 12.0 Å². The van der Waals surface area contributed by atoms with Gasteiger partial charge in [0.2, 0.25) is 11.2 Å². The molecule has 2 N–H and O–H groups in total. The van der Waals surface area contributed by atoms with E-state index in [4.69, 9.17) is 23.2 Å². The summed E-state index contributed by atoms with van der Waals surface area (Å²) in [7, 11) is 0. The van der Waals surface area contributed by atoms with Crippen molar-refractivity contribution in [3.8, 4) is 0 Å². The molecule has 0 radical (unpaired) electrons. The topological polar surface area (TPSA) is 70.9 Å². The SMILES string of the molecule is CC(C)C[C@H](CO)Nc1nc(Cl)nc(CC(C)c2cccc(Cl)c2)n1. The van der Waals surface area contributed by atoms with E-state index in [0.29, 0.717) is 29.1 Å². The van der Waals surface area contributed by atoms with Crippen molar-refractivity contribution in [1.29, 1.82) is 0 Å². The molecule has 0 aliphatic heterocycles. The Balaban J connectivity index is 2.12. The molecule has 1 heterocycles. The number of hydrogen-bond acceptors (Lipinski definition) is 5. The van der Waals surface area contributed by atoms with Crippen molar-refractivity contribution < 1.29 is 5.11 Å². The summed E-state index contributed by atoms with van der Waals surface area (Å²) < 4.78 is 0. The number of halogens is 2. The smallest absolute Gasteiger partial charge is 0.227 e. The fourth-order valence-corrected chi connectivity index (χ4v) is 3.06. The average Bonchev–Trinajstić information content (AvgIpc) is 2.53. The molecule has 0 saturated carbocycles. The summed E-state index contributed by atoms with van der Waals surface area (Å²) in [6.07, 6.45) is 1.43. The highest BCUT2D eigenvalue weighted by Gasteiger charge is 2.15. The highest BCUT2D eigenvalue weighted by atomic mass is 35.5. The van der Waals surface area contributed by atoms with E-state index in [1.807, 2.05) is 24.3 Å². The summed E-state index contributed by atoms with van der Waals surface area (Å²) in [5, 5.41) is 13.5. The molecular formula is C18H24Cl2N4O. The Morgan fingerprint density at radius 1 is 1.12 bits per heavy atom. The van der Waals surface area contributed by atoms with Gasteiger partial charge in [-0.25, -0.2) is 4.98 Å². The minimum atomic E-state index is -0.114. The molecule has 1 aromatic heterocycles. The van der Waals surface area contributed by atoms with Gasteiger partial charge in [0.1, 0.15) is 5.82 Å². The van der Waals surface area contributed by atoms with Crippen LogP contribution in [0.4, 0.5) is 5.95 Å². The van der Waals surface area contributed by atoms with E-state index in [9.17, 15) is 5.11 Å². The molecule has 25 heavy (non-hydrogen) atoms. The molecular weight excluding hydrogens is 359 g/mol. The Kier molecular flexibility index (Phi) is 7.41. The Bertz CT molecular complexity index is 697. The van der Waals surface area contributed by atoms with Gasteiger partial charge in [0.15, 0.2) is 0 Å². The van der Waals surface area contributed by atoms with Crippen LogP contribution in [-0.4, -0.2) is 32.7 Å². The zero-order valence-electron chi connectivity index (χ0n) is 14.7. The number of anilines is 1. The third-order valence-corrected chi connectivity index (χ3v) is 4.27. The van der Waals surface area contributed by atoms with Crippen molar-refractivity contribution in [2.24, 2.45) is 5.92 Å². The van der Waals surface area contributed by atoms with Crippen LogP contribution in [-0.2, 0) is 6.42 Å². The molecule has 5 nitrogen and oxygen atoms in total. The van der Waals surface area contributed by atoms with Crippen molar-refractivity contribution in [3.05, 3.63) is 46.0 Å². The van der Waals surface area contributed by atoms with E-state index in [1.165, 1.54) is 0 Å². The standard InChI is InChI=1S/C18H24Cl2N4O/c1-11(2)7-15(10-25)21-18-23-16(22-17(20)24-18)8-12(3)13-5-4-6-14(19)9-13/h4-6,9,11-12,15,25H,7-8,10H2,1-3H3,(H,21,22,23,24)/t12?,15-/m1/s1. The minimum absolute atomic E-state index is 0.00966. The van der Waals surface area contributed by atoms with E-state index in [1.54, 1.807) is 0 Å². The second-order valence-electron chi connectivity index (χ2n) is 6.66. The molecule has 136 valence electrons. The molecule has 1 unspecified atom stereocenters. The second-order valence-corrected chi connectivity index (χ2v) is 7.43. The highest BCUT2D eigenvalue weighted by molar-refractivity contribution is 6.30. The third kappa shape index (κ3) is 6.42. The lowest BCUT2D eigenvalue weighted by Crippen LogP contribution is -2.27. The zero-order chi connectivity index (χ0) is 18.4. The van der Waals surface area contributed by atoms with Gasteiger partial charge in [-0.05, 0) is 47.6 Å². The van der Waals surface area contributed by atoms with E-state index in [2.05, 4.69) is 41.0 Å². The van der Waals surface area contributed by atoms with Gasteiger partial charge in [-0.15, -0.1) is 0 Å². The molecule has 1 aromatic carbocycles. The molecule has 0 saturated heterocycles. The van der Waals surface area contributed by atoms with Crippen molar-refractivity contribution >= 4 is 29.2 Å². The maximum atomic E-state index is 9.52. The van der Waals surface area contributed by atoms with Crippen LogP contribution in [0.5, 0.6) is 0 Å². The molecule has 2 atom stereocenters. The summed E-state index contributed by atoms with van der Waals surface area (Å²) in [5.74, 6) is 1.64. The number of aliphatic hydroxyl groups excluding tert-OH is 1. The third-order valence-electron chi connectivity index (χ3n) is 3.87. The molecule has 2 rings (SSSR count). The van der Waals surface area contributed by atoms with Gasteiger partial charge < -0.3 is 10.4 Å². The Morgan fingerprint density at radius 3 is 2.52 bits per heavy atom. The van der Waals surface area contributed by atoms with Gasteiger partial charge >= 0.3 is 0 Å². The van der Waals surface area contributed by atoms with E-state index < -0.39 is 0 Å². The predicted molar refractivity (Wildman–Crippen MR) is 102 cm³/mol. The molecule has 0 aliphatic rings. The zero-order valence-corrected chi connectivity index (χ0v) is 16.2. The monoisotopic (exact) mass is 382 g/mol. The number of rotatable bonds is 8. The van der Waals surface area contributed by atoms with Crippen LogP contribution in [0.1, 0.15) is 44.5 Å². The summed E-state index contributed by atoms with van der Waals surface area (Å²) >= 11 is 12.1. The Labute approximate surface area is 158 Å². The highest BCUT2D eigenvalue weighted by Crippen LogP contribution is 2.23. The molecule has 0 aliphatic carbocycles. The fraction of sp³-hybridized carbons (Fsp3) is 0.500.